The van der Waals surface area contributed by atoms with E-state index >= 15 is 0 Å². The van der Waals surface area contributed by atoms with Crippen molar-refractivity contribution in [2.45, 2.75) is 38.1 Å². The molecule has 2 amide bonds. The van der Waals surface area contributed by atoms with E-state index in [0.717, 1.165) is 30.6 Å². The number of nitrogens with zero attached hydrogens (tertiary/aromatic N) is 2. The van der Waals surface area contributed by atoms with Gasteiger partial charge < -0.3 is 10.2 Å². The van der Waals surface area contributed by atoms with E-state index in [1.165, 1.54) is 19.3 Å². The summed E-state index contributed by atoms with van der Waals surface area (Å²) in [5, 5.41) is 6.63. The summed E-state index contributed by atoms with van der Waals surface area (Å²) in [6, 6.07) is 7.56. The Morgan fingerprint density at radius 3 is 2.75 bits per heavy atom. The highest BCUT2D eigenvalue weighted by molar-refractivity contribution is 5.90. The SMILES string of the molecule is O=C(Nc1ccc(-c2noc(=O)[nH]2)cc1)N1CCC[C@H]2CCC[C@@H]21. The van der Waals surface area contributed by atoms with Gasteiger partial charge in [0, 0.05) is 23.8 Å². The summed E-state index contributed by atoms with van der Waals surface area (Å²) in [5.74, 6) is 0.470. The Morgan fingerprint density at radius 2 is 2.00 bits per heavy atom. The van der Waals surface area contributed by atoms with Crippen LogP contribution in [0, 0.1) is 5.92 Å². The van der Waals surface area contributed by atoms with Crippen LogP contribution >= 0.6 is 0 Å². The molecule has 1 aromatic carbocycles. The first kappa shape index (κ1) is 15.0. The predicted molar refractivity (Wildman–Crippen MR) is 88.6 cm³/mol. The van der Waals surface area contributed by atoms with Crippen LogP contribution in [0.5, 0.6) is 0 Å². The molecule has 0 spiro atoms. The lowest BCUT2D eigenvalue weighted by atomic mass is 9.92. The van der Waals surface area contributed by atoms with Gasteiger partial charge in [0.15, 0.2) is 5.82 Å². The second-order valence-corrected chi connectivity index (χ2v) is 6.55. The minimum atomic E-state index is -0.585. The molecule has 1 saturated carbocycles. The van der Waals surface area contributed by atoms with E-state index in [0.29, 0.717) is 17.8 Å². The quantitative estimate of drug-likeness (QED) is 0.887. The molecule has 2 fully saturated rings. The molecular weight excluding hydrogens is 308 g/mol. The molecule has 7 nitrogen and oxygen atoms in total. The summed E-state index contributed by atoms with van der Waals surface area (Å²) in [6.07, 6.45) is 5.94. The van der Waals surface area contributed by atoms with Gasteiger partial charge in [-0.1, -0.05) is 11.6 Å². The zero-order valence-electron chi connectivity index (χ0n) is 13.3. The molecule has 126 valence electrons. The number of aromatic amines is 1. The maximum atomic E-state index is 12.6. The van der Waals surface area contributed by atoms with Gasteiger partial charge in [0.2, 0.25) is 0 Å². The minimum absolute atomic E-state index is 0.0193. The van der Waals surface area contributed by atoms with Gasteiger partial charge in [-0.2, -0.15) is 0 Å². The highest BCUT2D eigenvalue weighted by Crippen LogP contribution is 2.37. The third-order valence-electron chi connectivity index (χ3n) is 5.10. The number of urea groups is 1. The number of carbonyl (C=O) groups is 1. The number of piperidine rings is 1. The van der Waals surface area contributed by atoms with Gasteiger partial charge in [-0.15, -0.1) is 0 Å². The molecule has 2 atom stereocenters. The topological polar surface area (TPSA) is 91.2 Å². The molecule has 0 unspecified atom stereocenters. The van der Waals surface area contributed by atoms with Gasteiger partial charge in [-0.05, 0) is 55.9 Å². The van der Waals surface area contributed by atoms with Crippen LogP contribution in [0.4, 0.5) is 10.5 Å². The smallest absolute Gasteiger partial charge is 0.321 e. The molecule has 24 heavy (non-hydrogen) atoms. The van der Waals surface area contributed by atoms with Gasteiger partial charge >= 0.3 is 11.8 Å². The molecule has 2 aliphatic rings. The zero-order valence-corrected chi connectivity index (χ0v) is 13.3. The minimum Gasteiger partial charge on any atom is -0.321 e. The lowest BCUT2D eigenvalue weighted by molar-refractivity contribution is 0.138. The molecule has 2 N–H and O–H groups in total. The maximum Gasteiger partial charge on any atom is 0.439 e. The van der Waals surface area contributed by atoms with Gasteiger partial charge in [0.05, 0.1) is 0 Å². The number of hydrogen-bond donors (Lipinski definition) is 2. The number of aromatic nitrogens is 2. The number of likely N-dealkylation sites (tertiary alicyclic amines) is 1. The van der Waals surface area contributed by atoms with E-state index in [1.54, 1.807) is 24.3 Å². The van der Waals surface area contributed by atoms with Crippen LogP contribution in [0.25, 0.3) is 11.4 Å². The largest absolute Gasteiger partial charge is 0.439 e. The number of rotatable bonds is 2. The Balaban J connectivity index is 1.45. The molecule has 1 saturated heterocycles. The third-order valence-corrected chi connectivity index (χ3v) is 5.10. The molecule has 2 heterocycles. The Hall–Kier alpha value is -2.57. The average Bonchev–Trinajstić information content (AvgIpc) is 3.24. The summed E-state index contributed by atoms with van der Waals surface area (Å²) < 4.78 is 4.50. The molecule has 4 rings (SSSR count). The number of amides is 2. The van der Waals surface area contributed by atoms with Crippen LogP contribution in [-0.2, 0) is 0 Å². The van der Waals surface area contributed by atoms with Crippen LogP contribution in [-0.4, -0.2) is 33.7 Å². The summed E-state index contributed by atoms with van der Waals surface area (Å²) in [4.78, 5) is 28.1. The number of nitrogens with one attached hydrogen (secondary N) is 2. The zero-order chi connectivity index (χ0) is 16.5. The van der Waals surface area contributed by atoms with Crippen molar-refractivity contribution in [3.63, 3.8) is 0 Å². The molecule has 0 radical (unpaired) electrons. The molecule has 1 aromatic heterocycles. The molecular formula is C17H20N4O3. The highest BCUT2D eigenvalue weighted by atomic mass is 16.5. The number of benzene rings is 1. The first-order valence-corrected chi connectivity index (χ1v) is 8.45. The Morgan fingerprint density at radius 1 is 1.21 bits per heavy atom. The Bertz CT molecular complexity index is 780. The van der Waals surface area contributed by atoms with Crippen molar-refractivity contribution in [3.8, 4) is 11.4 Å². The van der Waals surface area contributed by atoms with Crippen LogP contribution < -0.4 is 11.1 Å². The fourth-order valence-corrected chi connectivity index (χ4v) is 3.97. The fourth-order valence-electron chi connectivity index (χ4n) is 3.97. The second-order valence-electron chi connectivity index (χ2n) is 6.55. The lowest BCUT2D eigenvalue weighted by Crippen LogP contribution is -2.48. The van der Waals surface area contributed by atoms with Crippen LogP contribution in [0.3, 0.4) is 0 Å². The molecule has 2 aromatic rings. The van der Waals surface area contributed by atoms with Crippen molar-refractivity contribution < 1.29 is 9.32 Å². The van der Waals surface area contributed by atoms with E-state index in [9.17, 15) is 9.59 Å². The average molecular weight is 328 g/mol. The first-order chi connectivity index (χ1) is 11.7. The summed E-state index contributed by atoms with van der Waals surface area (Å²) >= 11 is 0. The first-order valence-electron chi connectivity index (χ1n) is 8.45. The standard InChI is InChI=1S/C17H20N4O3/c22-16(21-10-2-4-11-3-1-5-14(11)21)18-13-8-6-12(7-9-13)15-19-17(23)24-20-15/h6-9,11,14H,1-5,10H2,(H,18,22)(H,19,20,23)/t11-,14+/m1/s1. The fraction of sp³-hybridized carbons (Fsp3) is 0.471. The number of H-pyrrole nitrogens is 1. The number of fused-ring (bicyclic) bond motifs is 1. The van der Waals surface area contributed by atoms with Crippen molar-refractivity contribution in [2.24, 2.45) is 5.92 Å². The number of carbonyl (C=O) groups excluding carboxylic acids is 1. The molecule has 0 bridgehead atoms. The van der Waals surface area contributed by atoms with E-state index in [1.807, 2.05) is 4.90 Å². The summed E-state index contributed by atoms with van der Waals surface area (Å²) in [7, 11) is 0. The number of hydrogen-bond acceptors (Lipinski definition) is 4. The normalized spacial score (nSPS) is 23.1. The molecule has 1 aliphatic carbocycles. The molecule has 7 heteroatoms. The highest BCUT2D eigenvalue weighted by Gasteiger charge is 2.37. The van der Waals surface area contributed by atoms with E-state index < -0.39 is 5.76 Å². The van der Waals surface area contributed by atoms with Crippen LogP contribution in [0.2, 0.25) is 0 Å². The van der Waals surface area contributed by atoms with Crippen LogP contribution in [0.15, 0.2) is 33.6 Å². The number of anilines is 1. The van der Waals surface area contributed by atoms with Crippen molar-refractivity contribution >= 4 is 11.7 Å². The summed E-state index contributed by atoms with van der Waals surface area (Å²) in [6.45, 7) is 0.839. The van der Waals surface area contributed by atoms with Gasteiger partial charge in [-0.3, -0.25) is 9.51 Å². The van der Waals surface area contributed by atoms with Crippen molar-refractivity contribution in [1.82, 2.24) is 15.0 Å². The van der Waals surface area contributed by atoms with Gasteiger partial charge in [0.25, 0.3) is 0 Å². The third kappa shape index (κ3) is 2.81. The van der Waals surface area contributed by atoms with Gasteiger partial charge in [-0.25, -0.2) is 9.59 Å². The van der Waals surface area contributed by atoms with Gasteiger partial charge in [0.1, 0.15) is 0 Å². The molecule has 1 aliphatic heterocycles. The Kier molecular flexibility index (Phi) is 3.84. The second kappa shape index (κ2) is 6.14. The lowest BCUT2D eigenvalue weighted by Gasteiger charge is -2.37. The predicted octanol–water partition coefficient (Wildman–Crippen LogP) is 2.83. The van der Waals surface area contributed by atoms with Crippen molar-refractivity contribution in [3.05, 3.63) is 34.8 Å². The van der Waals surface area contributed by atoms with Crippen LogP contribution in [0.1, 0.15) is 32.1 Å². The van der Waals surface area contributed by atoms with Crippen molar-refractivity contribution in [1.29, 1.82) is 0 Å². The summed E-state index contributed by atoms with van der Waals surface area (Å²) in [5.41, 5.74) is 1.46. The Labute approximate surface area is 139 Å². The van der Waals surface area contributed by atoms with E-state index in [2.05, 4.69) is 20.0 Å². The maximum absolute atomic E-state index is 12.6. The van der Waals surface area contributed by atoms with Crippen molar-refractivity contribution in [2.75, 3.05) is 11.9 Å². The van der Waals surface area contributed by atoms with E-state index in [-0.39, 0.29) is 6.03 Å². The monoisotopic (exact) mass is 328 g/mol. The van der Waals surface area contributed by atoms with E-state index in [4.69, 9.17) is 0 Å².